The highest BCUT2D eigenvalue weighted by Gasteiger charge is 2.18. The molecule has 0 saturated carbocycles. The standard InChI is InChI=1S/C13H9ClO4S/c14-19(16,17)12-9-5-4-8-11(12)18-13(15)10-6-2-1-3-7-10/h1-9H. The molecule has 0 N–H and O–H groups in total. The highest BCUT2D eigenvalue weighted by Crippen LogP contribution is 2.27. The minimum absolute atomic E-state index is 0.0913. The highest BCUT2D eigenvalue weighted by atomic mass is 35.7. The van der Waals surface area contributed by atoms with E-state index in [-0.39, 0.29) is 10.6 Å². The van der Waals surface area contributed by atoms with Crippen LogP contribution in [0.4, 0.5) is 0 Å². The summed E-state index contributed by atoms with van der Waals surface area (Å²) in [5.74, 6) is -0.736. The summed E-state index contributed by atoms with van der Waals surface area (Å²) < 4.78 is 27.7. The first-order chi connectivity index (χ1) is 8.98. The van der Waals surface area contributed by atoms with Crippen LogP contribution in [-0.2, 0) is 9.05 Å². The summed E-state index contributed by atoms with van der Waals surface area (Å²) in [5.41, 5.74) is 0.323. The van der Waals surface area contributed by atoms with Gasteiger partial charge in [0.15, 0.2) is 5.75 Å². The fraction of sp³-hybridized carbons (Fsp3) is 0. The van der Waals surface area contributed by atoms with E-state index in [9.17, 15) is 13.2 Å². The number of rotatable bonds is 3. The molecule has 0 aliphatic carbocycles. The third kappa shape index (κ3) is 3.33. The molecule has 0 unspecified atom stereocenters. The van der Waals surface area contributed by atoms with Gasteiger partial charge in [-0.3, -0.25) is 0 Å². The predicted octanol–water partition coefficient (Wildman–Crippen LogP) is 2.83. The lowest BCUT2D eigenvalue weighted by Gasteiger charge is -2.07. The van der Waals surface area contributed by atoms with Gasteiger partial charge in [0.2, 0.25) is 0 Å². The van der Waals surface area contributed by atoms with Gasteiger partial charge >= 0.3 is 5.97 Å². The molecule has 4 nitrogen and oxygen atoms in total. The van der Waals surface area contributed by atoms with Crippen LogP contribution in [0.2, 0.25) is 0 Å². The number of para-hydroxylation sites is 1. The minimum Gasteiger partial charge on any atom is -0.421 e. The van der Waals surface area contributed by atoms with Crippen LogP contribution in [0.1, 0.15) is 10.4 Å². The molecule has 0 atom stereocenters. The van der Waals surface area contributed by atoms with Crippen molar-refractivity contribution >= 4 is 25.7 Å². The monoisotopic (exact) mass is 296 g/mol. The maximum atomic E-state index is 11.8. The molecule has 0 fully saturated rings. The summed E-state index contributed by atoms with van der Waals surface area (Å²) in [5, 5.41) is 0. The van der Waals surface area contributed by atoms with Crippen LogP contribution >= 0.6 is 10.7 Å². The van der Waals surface area contributed by atoms with Crippen molar-refractivity contribution in [2.24, 2.45) is 0 Å². The molecule has 19 heavy (non-hydrogen) atoms. The Morgan fingerprint density at radius 2 is 1.53 bits per heavy atom. The van der Waals surface area contributed by atoms with E-state index in [1.807, 2.05) is 0 Å². The first-order valence-corrected chi connectivity index (χ1v) is 7.60. The lowest BCUT2D eigenvalue weighted by molar-refractivity contribution is 0.0730. The van der Waals surface area contributed by atoms with Gasteiger partial charge in [-0.1, -0.05) is 30.3 Å². The number of carbonyl (C=O) groups is 1. The molecule has 0 aliphatic heterocycles. The molecule has 0 bridgehead atoms. The van der Waals surface area contributed by atoms with E-state index < -0.39 is 15.0 Å². The molecule has 2 aromatic rings. The molecule has 0 amide bonds. The van der Waals surface area contributed by atoms with E-state index in [2.05, 4.69) is 0 Å². The van der Waals surface area contributed by atoms with Crippen LogP contribution in [0.25, 0.3) is 0 Å². The quantitative estimate of drug-likeness (QED) is 0.496. The van der Waals surface area contributed by atoms with Crippen LogP contribution < -0.4 is 4.74 Å². The Labute approximate surface area is 115 Å². The smallest absolute Gasteiger partial charge is 0.343 e. The molecule has 0 spiro atoms. The number of carbonyl (C=O) groups excluding carboxylic acids is 1. The van der Waals surface area contributed by atoms with Crippen LogP contribution in [0, 0.1) is 0 Å². The van der Waals surface area contributed by atoms with Crippen molar-refractivity contribution in [3.05, 3.63) is 60.2 Å². The molecule has 0 saturated heterocycles. The Kier molecular flexibility index (Phi) is 3.87. The SMILES string of the molecule is O=C(Oc1ccccc1S(=O)(=O)Cl)c1ccccc1. The minimum atomic E-state index is -3.97. The van der Waals surface area contributed by atoms with Crippen molar-refractivity contribution < 1.29 is 17.9 Å². The Bertz CT molecular complexity index is 696. The second kappa shape index (κ2) is 5.42. The van der Waals surface area contributed by atoms with Gasteiger partial charge in [-0.2, -0.15) is 0 Å². The van der Waals surface area contributed by atoms with Crippen molar-refractivity contribution in [2.45, 2.75) is 4.90 Å². The average molecular weight is 297 g/mol. The van der Waals surface area contributed by atoms with Gasteiger partial charge in [0.1, 0.15) is 4.90 Å². The van der Waals surface area contributed by atoms with Crippen molar-refractivity contribution in [2.75, 3.05) is 0 Å². The van der Waals surface area contributed by atoms with Gasteiger partial charge in [-0.05, 0) is 24.3 Å². The lowest BCUT2D eigenvalue weighted by atomic mass is 10.2. The third-order valence-electron chi connectivity index (χ3n) is 2.32. The van der Waals surface area contributed by atoms with Crippen molar-refractivity contribution in [1.82, 2.24) is 0 Å². The Balaban J connectivity index is 2.33. The number of esters is 1. The maximum Gasteiger partial charge on any atom is 0.343 e. The van der Waals surface area contributed by atoms with E-state index in [1.165, 1.54) is 18.2 Å². The zero-order valence-electron chi connectivity index (χ0n) is 9.62. The molecule has 6 heteroatoms. The summed E-state index contributed by atoms with van der Waals surface area (Å²) in [6, 6.07) is 14.0. The van der Waals surface area contributed by atoms with E-state index in [4.69, 9.17) is 15.4 Å². The van der Waals surface area contributed by atoms with Gasteiger partial charge in [-0.25, -0.2) is 13.2 Å². The second-order valence-corrected chi connectivity index (χ2v) is 6.17. The number of hydrogen-bond donors (Lipinski definition) is 0. The van der Waals surface area contributed by atoms with Crippen LogP contribution in [-0.4, -0.2) is 14.4 Å². The van der Waals surface area contributed by atoms with Crippen LogP contribution in [0.3, 0.4) is 0 Å². The van der Waals surface area contributed by atoms with Gasteiger partial charge in [0.05, 0.1) is 5.56 Å². The molecule has 0 aliphatic rings. The Morgan fingerprint density at radius 1 is 0.947 bits per heavy atom. The summed E-state index contributed by atoms with van der Waals surface area (Å²) in [4.78, 5) is 11.6. The van der Waals surface area contributed by atoms with Crippen molar-refractivity contribution in [3.63, 3.8) is 0 Å². The summed E-state index contributed by atoms with van der Waals surface area (Å²) in [6.45, 7) is 0. The average Bonchev–Trinajstić information content (AvgIpc) is 2.39. The van der Waals surface area contributed by atoms with E-state index in [0.29, 0.717) is 5.56 Å². The van der Waals surface area contributed by atoms with E-state index >= 15 is 0 Å². The van der Waals surface area contributed by atoms with Crippen molar-refractivity contribution in [3.8, 4) is 5.75 Å². The maximum absolute atomic E-state index is 11.8. The number of hydrogen-bond acceptors (Lipinski definition) is 4. The van der Waals surface area contributed by atoms with Gasteiger partial charge in [0, 0.05) is 10.7 Å². The van der Waals surface area contributed by atoms with E-state index in [1.54, 1.807) is 36.4 Å². The fourth-order valence-electron chi connectivity index (χ4n) is 1.47. The Morgan fingerprint density at radius 3 is 2.16 bits per heavy atom. The van der Waals surface area contributed by atoms with Crippen LogP contribution in [0.15, 0.2) is 59.5 Å². The molecule has 0 radical (unpaired) electrons. The summed E-state index contributed by atoms with van der Waals surface area (Å²) >= 11 is 0. The molecule has 2 rings (SSSR count). The molecule has 2 aromatic carbocycles. The highest BCUT2D eigenvalue weighted by molar-refractivity contribution is 8.13. The zero-order valence-corrected chi connectivity index (χ0v) is 11.2. The van der Waals surface area contributed by atoms with E-state index in [0.717, 1.165) is 0 Å². The van der Waals surface area contributed by atoms with Crippen LogP contribution in [0.5, 0.6) is 5.75 Å². The van der Waals surface area contributed by atoms with Gasteiger partial charge in [0.25, 0.3) is 9.05 Å². The van der Waals surface area contributed by atoms with Gasteiger partial charge in [-0.15, -0.1) is 0 Å². The Hall–Kier alpha value is -1.85. The topological polar surface area (TPSA) is 60.4 Å². The number of ether oxygens (including phenoxy) is 1. The third-order valence-corrected chi connectivity index (χ3v) is 3.69. The molecular weight excluding hydrogens is 288 g/mol. The normalized spacial score (nSPS) is 11.0. The molecular formula is C13H9ClO4S. The summed E-state index contributed by atoms with van der Waals surface area (Å²) in [7, 11) is 1.31. The second-order valence-electron chi connectivity index (χ2n) is 3.64. The predicted molar refractivity (Wildman–Crippen MR) is 70.9 cm³/mol. The largest absolute Gasteiger partial charge is 0.421 e. The lowest BCUT2D eigenvalue weighted by Crippen LogP contribution is -2.10. The van der Waals surface area contributed by atoms with Crippen molar-refractivity contribution in [1.29, 1.82) is 0 Å². The number of benzene rings is 2. The summed E-state index contributed by atoms with van der Waals surface area (Å²) in [6.07, 6.45) is 0. The van der Waals surface area contributed by atoms with Gasteiger partial charge < -0.3 is 4.74 Å². The first-order valence-electron chi connectivity index (χ1n) is 5.29. The molecule has 0 heterocycles. The fourth-order valence-corrected chi connectivity index (χ4v) is 2.44. The zero-order chi connectivity index (χ0) is 13.9. The molecule has 98 valence electrons. The molecule has 0 aromatic heterocycles. The number of halogens is 1. The first kappa shape index (κ1) is 13.6.